The van der Waals surface area contributed by atoms with Crippen LogP contribution in [-0.2, 0) is 27.9 Å². The monoisotopic (exact) mass is 1250 g/mol. The predicted octanol–water partition coefficient (Wildman–Crippen LogP) is 23.4. The molecule has 0 aromatic carbocycles. The highest BCUT2D eigenvalue weighted by Crippen LogP contribution is 2.38. The van der Waals surface area contributed by atoms with Crippen LogP contribution < -0.4 is 10.2 Å². The van der Waals surface area contributed by atoms with Gasteiger partial charge in [-0.3, -0.25) is 14.2 Å². The Morgan fingerprint density at radius 3 is 1.06 bits per heavy atom. The molecule has 3 unspecified atom stereocenters. The van der Waals surface area contributed by atoms with Crippen LogP contribution in [0.2, 0.25) is 0 Å². The minimum absolute atomic E-state index is 0.0254. The van der Waals surface area contributed by atoms with E-state index in [0.29, 0.717) is 17.4 Å². The lowest BCUT2D eigenvalue weighted by atomic mass is 10.0. The number of esters is 1. The van der Waals surface area contributed by atoms with Crippen LogP contribution >= 0.6 is 7.82 Å². The van der Waals surface area contributed by atoms with Crippen LogP contribution in [-0.4, -0.2) is 69.4 Å². The van der Waals surface area contributed by atoms with Gasteiger partial charge in [0.15, 0.2) is 0 Å². The molecule has 0 bridgehead atoms. The second-order valence-corrected chi connectivity index (χ2v) is 27.9. The van der Waals surface area contributed by atoms with Crippen LogP contribution in [0.3, 0.4) is 0 Å². The Labute approximate surface area is 546 Å². The average Bonchev–Trinajstić information content (AvgIpc) is 3.71. The molecule has 9 nitrogen and oxygen atoms in total. The van der Waals surface area contributed by atoms with Gasteiger partial charge in [-0.1, -0.05) is 312 Å². The Morgan fingerprint density at radius 1 is 0.398 bits per heavy atom. The van der Waals surface area contributed by atoms with Crippen LogP contribution in [0, 0.1) is 0 Å². The van der Waals surface area contributed by atoms with Gasteiger partial charge >= 0.3 is 5.97 Å². The summed E-state index contributed by atoms with van der Waals surface area (Å²) < 4.78 is 30.5. The van der Waals surface area contributed by atoms with E-state index in [1.54, 1.807) is 0 Å². The molecule has 3 atom stereocenters. The van der Waals surface area contributed by atoms with Gasteiger partial charge in [0.05, 0.1) is 33.8 Å². The van der Waals surface area contributed by atoms with Crippen molar-refractivity contribution in [3.05, 3.63) is 85.1 Å². The lowest BCUT2D eigenvalue weighted by Gasteiger charge is -2.30. The van der Waals surface area contributed by atoms with Crippen molar-refractivity contribution >= 4 is 19.7 Å². The van der Waals surface area contributed by atoms with Crippen LogP contribution in [0.4, 0.5) is 0 Å². The van der Waals surface area contributed by atoms with E-state index in [1.807, 2.05) is 33.3 Å². The molecule has 0 radical (unpaired) electrons. The minimum Gasteiger partial charge on any atom is -0.756 e. The summed E-state index contributed by atoms with van der Waals surface area (Å²) in [6.07, 6.45) is 89.9. The number of rotatable bonds is 68. The number of likely N-dealkylation sites (N-methyl/N-ethyl adjacent to an activating group) is 1. The SMILES string of the molecule is CCCCC/C=C\C/C=C\C/C=C\C/C=C\CCCCCCCCCCCC(=O)NC(COP(=O)([O-])OCC[N+](C)(C)C)C(/C=C/CCCCCCCCCCCC)OC(=O)CCCCCCCCCCCCCCCCC/C=C\C/C=C\CCCCC. The average molecular weight is 1250 g/mol. The van der Waals surface area contributed by atoms with Crippen LogP contribution in [0.25, 0.3) is 0 Å². The molecule has 1 N–H and O–H groups in total. The highest BCUT2D eigenvalue weighted by molar-refractivity contribution is 7.45. The first kappa shape index (κ1) is 85.2. The van der Waals surface area contributed by atoms with Gasteiger partial charge in [-0.05, 0) is 109 Å². The zero-order chi connectivity index (χ0) is 64.2. The van der Waals surface area contributed by atoms with Crippen molar-refractivity contribution in [2.75, 3.05) is 40.9 Å². The molecule has 0 spiro atoms. The van der Waals surface area contributed by atoms with Gasteiger partial charge in [-0.25, -0.2) is 0 Å². The van der Waals surface area contributed by atoms with Gasteiger partial charge in [0, 0.05) is 12.8 Å². The molecule has 0 aromatic heterocycles. The molecule has 0 aliphatic rings. The van der Waals surface area contributed by atoms with E-state index < -0.39 is 26.6 Å². The van der Waals surface area contributed by atoms with E-state index in [4.69, 9.17) is 13.8 Å². The van der Waals surface area contributed by atoms with Gasteiger partial charge < -0.3 is 28.5 Å². The number of carbonyl (C=O) groups is 2. The Balaban J connectivity index is 5.02. The summed E-state index contributed by atoms with van der Waals surface area (Å²) in [6, 6.07) is -0.896. The fourth-order valence-electron chi connectivity index (χ4n) is 10.8. The van der Waals surface area contributed by atoms with Gasteiger partial charge in [-0.15, -0.1) is 0 Å². The normalized spacial score (nSPS) is 13.9. The minimum atomic E-state index is -4.71. The van der Waals surface area contributed by atoms with Crippen LogP contribution in [0.1, 0.15) is 348 Å². The molecule has 0 aliphatic carbocycles. The number of hydrogen-bond donors (Lipinski definition) is 1. The summed E-state index contributed by atoms with van der Waals surface area (Å²) in [6.45, 7) is 6.82. The molecule has 0 aromatic rings. The zero-order valence-electron chi connectivity index (χ0n) is 58.7. The number of nitrogens with one attached hydrogen (secondary N) is 1. The number of ether oxygens (including phenoxy) is 1. The molecule has 0 rings (SSSR count). The Bertz CT molecular complexity index is 1780. The largest absolute Gasteiger partial charge is 0.756 e. The molecule has 0 saturated heterocycles. The first-order chi connectivity index (χ1) is 42.9. The maximum Gasteiger partial charge on any atom is 0.306 e. The summed E-state index contributed by atoms with van der Waals surface area (Å²) in [5, 5.41) is 3.05. The number of quaternary nitrogens is 1. The second-order valence-electron chi connectivity index (χ2n) is 26.4. The van der Waals surface area contributed by atoms with Crippen molar-refractivity contribution in [2.24, 2.45) is 0 Å². The van der Waals surface area contributed by atoms with Gasteiger partial charge in [-0.2, -0.15) is 0 Å². The van der Waals surface area contributed by atoms with E-state index in [0.717, 1.165) is 96.3 Å². The molecule has 0 aliphatic heterocycles. The number of allylic oxidation sites excluding steroid dienone is 13. The first-order valence-electron chi connectivity index (χ1n) is 37.4. The van der Waals surface area contributed by atoms with Crippen molar-refractivity contribution < 1.29 is 37.3 Å². The van der Waals surface area contributed by atoms with Crippen LogP contribution in [0.15, 0.2) is 85.1 Å². The Kier molecular flexibility index (Phi) is 64.9. The number of hydrogen-bond acceptors (Lipinski definition) is 7. The summed E-state index contributed by atoms with van der Waals surface area (Å²) in [5.74, 6) is -0.538. The molecule has 1 amide bonds. The summed E-state index contributed by atoms with van der Waals surface area (Å²) >= 11 is 0. The summed E-state index contributed by atoms with van der Waals surface area (Å²) in [4.78, 5) is 40.3. The fraction of sp³-hybridized carbons (Fsp3) is 0.795. The van der Waals surface area contributed by atoms with E-state index in [1.165, 1.54) is 218 Å². The molecule has 0 heterocycles. The zero-order valence-corrected chi connectivity index (χ0v) is 59.6. The number of amides is 1. The third-order valence-corrected chi connectivity index (χ3v) is 17.5. The fourth-order valence-corrected chi connectivity index (χ4v) is 11.5. The van der Waals surface area contributed by atoms with Crippen LogP contribution in [0.5, 0.6) is 0 Å². The lowest BCUT2D eigenvalue weighted by Crippen LogP contribution is -2.47. The van der Waals surface area contributed by atoms with E-state index in [9.17, 15) is 19.0 Å². The highest BCUT2D eigenvalue weighted by Gasteiger charge is 2.27. The maximum absolute atomic E-state index is 13.6. The van der Waals surface area contributed by atoms with E-state index >= 15 is 0 Å². The summed E-state index contributed by atoms with van der Waals surface area (Å²) in [7, 11) is 1.18. The number of carbonyl (C=O) groups excluding carboxylic acids is 2. The Hall–Kier alpha value is -2.81. The topological polar surface area (TPSA) is 114 Å². The molecular formula is C78H143N2O7P. The van der Waals surface area contributed by atoms with E-state index in [2.05, 4.69) is 99.0 Å². The molecule has 10 heteroatoms. The first-order valence-corrected chi connectivity index (χ1v) is 38.9. The maximum atomic E-state index is 13.6. The molecule has 0 fully saturated rings. The lowest BCUT2D eigenvalue weighted by molar-refractivity contribution is -0.870. The number of phosphoric ester groups is 1. The van der Waals surface area contributed by atoms with Gasteiger partial charge in [0.1, 0.15) is 19.3 Å². The van der Waals surface area contributed by atoms with Gasteiger partial charge in [0.2, 0.25) is 5.91 Å². The third-order valence-electron chi connectivity index (χ3n) is 16.5. The molecule has 512 valence electrons. The third kappa shape index (κ3) is 67.6. The second kappa shape index (κ2) is 67.1. The summed E-state index contributed by atoms with van der Waals surface area (Å²) in [5.41, 5.74) is 0. The quantitative estimate of drug-likeness (QED) is 0.0212. The van der Waals surface area contributed by atoms with Crippen molar-refractivity contribution in [1.82, 2.24) is 5.32 Å². The molecular weight excluding hydrogens is 1110 g/mol. The van der Waals surface area contributed by atoms with Crippen molar-refractivity contribution in [3.63, 3.8) is 0 Å². The van der Waals surface area contributed by atoms with E-state index in [-0.39, 0.29) is 24.9 Å². The number of nitrogens with zero attached hydrogens (tertiary/aromatic N) is 1. The Morgan fingerprint density at radius 2 is 0.693 bits per heavy atom. The smallest absolute Gasteiger partial charge is 0.306 e. The number of phosphoric acid groups is 1. The number of unbranched alkanes of at least 4 members (excludes halogenated alkanes) is 40. The standard InChI is InChI=1S/C78H143N2O7P/c1-7-10-13-16-19-22-25-28-30-32-34-36-38-40-42-44-46-48-50-52-55-58-61-64-67-70-77(81)79-75(74-86-88(83,84)85-73-72-80(4,5)6)76(69-66-63-60-57-54-27-24-21-18-15-12-9-3)87-78(82)71-68-65-62-59-56-53-51-49-47-45-43-41-39-37-35-33-31-29-26-23-20-17-14-11-8-2/h19-20,22-23,28-31,34,36,40,42,66,69,75-76H,7-18,21,24-27,32-33,35,37-39,41,43-65,67-68,70-74H2,1-6H3,(H-,79,81,83,84)/b22-19-,23-20-,30-28-,31-29-,36-34-,42-40-,69-66+. The highest BCUT2D eigenvalue weighted by atomic mass is 31.2. The predicted molar refractivity (Wildman–Crippen MR) is 381 cm³/mol. The van der Waals surface area contributed by atoms with Crippen molar-refractivity contribution in [2.45, 2.75) is 360 Å². The van der Waals surface area contributed by atoms with Crippen molar-refractivity contribution in [1.29, 1.82) is 0 Å². The molecule has 0 saturated carbocycles. The molecule has 88 heavy (non-hydrogen) atoms. The van der Waals surface area contributed by atoms with Crippen molar-refractivity contribution in [3.8, 4) is 0 Å². The van der Waals surface area contributed by atoms with Gasteiger partial charge in [0.25, 0.3) is 7.82 Å².